The average molecular weight is 225 g/mol. The third-order valence-electron chi connectivity index (χ3n) is 2.40. The van der Waals surface area contributed by atoms with E-state index in [1.807, 2.05) is 19.1 Å². The van der Waals surface area contributed by atoms with Gasteiger partial charge in [0.1, 0.15) is 11.5 Å². The number of nitrogens with one attached hydrogen (secondary N) is 1. The van der Waals surface area contributed by atoms with Crippen molar-refractivity contribution in [1.29, 1.82) is 0 Å². The van der Waals surface area contributed by atoms with E-state index in [2.05, 4.69) is 5.32 Å². The zero-order chi connectivity index (χ0) is 12.0. The van der Waals surface area contributed by atoms with E-state index in [-0.39, 0.29) is 6.61 Å². The predicted octanol–water partition coefficient (Wildman–Crippen LogP) is 1.09. The Bertz CT molecular complexity index is 339. The molecule has 1 aromatic carbocycles. The van der Waals surface area contributed by atoms with E-state index in [1.165, 1.54) is 0 Å². The zero-order valence-electron chi connectivity index (χ0n) is 10.0. The third kappa shape index (κ3) is 3.12. The number of ether oxygens (including phenoxy) is 2. The van der Waals surface area contributed by atoms with Gasteiger partial charge in [-0.2, -0.15) is 0 Å². The molecule has 0 saturated heterocycles. The van der Waals surface area contributed by atoms with Crippen LogP contribution in [0.15, 0.2) is 12.1 Å². The lowest BCUT2D eigenvalue weighted by atomic mass is 10.1. The fourth-order valence-corrected chi connectivity index (χ4v) is 1.55. The first-order valence-electron chi connectivity index (χ1n) is 5.26. The van der Waals surface area contributed by atoms with Crippen LogP contribution in [0.3, 0.4) is 0 Å². The Hall–Kier alpha value is -1.26. The number of methoxy groups -OCH3 is 2. The molecule has 0 aliphatic carbocycles. The first-order valence-corrected chi connectivity index (χ1v) is 5.26. The molecule has 0 amide bonds. The normalized spacial score (nSPS) is 10.2. The van der Waals surface area contributed by atoms with E-state index < -0.39 is 0 Å². The lowest BCUT2D eigenvalue weighted by Crippen LogP contribution is -2.18. The van der Waals surface area contributed by atoms with Crippen molar-refractivity contribution in [3.05, 3.63) is 23.3 Å². The molecule has 0 fully saturated rings. The maximum Gasteiger partial charge on any atom is 0.123 e. The van der Waals surface area contributed by atoms with E-state index in [4.69, 9.17) is 14.6 Å². The molecular formula is C12H19NO3. The monoisotopic (exact) mass is 225 g/mol. The minimum absolute atomic E-state index is 0.130. The largest absolute Gasteiger partial charge is 0.496 e. The summed E-state index contributed by atoms with van der Waals surface area (Å²) in [6.45, 7) is 3.33. The lowest BCUT2D eigenvalue weighted by molar-refractivity contribution is 0.291. The van der Waals surface area contributed by atoms with Gasteiger partial charge in [-0.25, -0.2) is 0 Å². The van der Waals surface area contributed by atoms with Crippen LogP contribution in [0.4, 0.5) is 0 Å². The van der Waals surface area contributed by atoms with Gasteiger partial charge < -0.3 is 19.9 Å². The van der Waals surface area contributed by atoms with Crippen LogP contribution in [0.2, 0.25) is 0 Å². The fourth-order valence-electron chi connectivity index (χ4n) is 1.55. The van der Waals surface area contributed by atoms with E-state index in [0.29, 0.717) is 13.1 Å². The molecule has 0 unspecified atom stereocenters. The molecule has 0 aliphatic rings. The molecule has 0 spiro atoms. The van der Waals surface area contributed by atoms with Gasteiger partial charge in [-0.15, -0.1) is 0 Å². The summed E-state index contributed by atoms with van der Waals surface area (Å²) in [5.74, 6) is 1.69. The molecule has 4 heteroatoms. The Morgan fingerprint density at radius 2 is 1.88 bits per heavy atom. The van der Waals surface area contributed by atoms with Gasteiger partial charge in [0.15, 0.2) is 0 Å². The quantitative estimate of drug-likeness (QED) is 0.712. The molecule has 0 heterocycles. The van der Waals surface area contributed by atoms with E-state index in [9.17, 15) is 0 Å². The third-order valence-corrected chi connectivity index (χ3v) is 2.40. The zero-order valence-corrected chi connectivity index (χ0v) is 10.0. The SMILES string of the molecule is COc1cc(CNCCO)c(OC)cc1C. The summed E-state index contributed by atoms with van der Waals surface area (Å²) in [6.07, 6.45) is 0. The minimum atomic E-state index is 0.130. The summed E-state index contributed by atoms with van der Waals surface area (Å²) < 4.78 is 10.6. The molecule has 0 atom stereocenters. The first kappa shape index (κ1) is 12.8. The Morgan fingerprint density at radius 3 is 2.44 bits per heavy atom. The molecule has 0 aromatic heterocycles. The smallest absolute Gasteiger partial charge is 0.123 e. The number of benzene rings is 1. The maximum absolute atomic E-state index is 8.70. The molecule has 16 heavy (non-hydrogen) atoms. The van der Waals surface area contributed by atoms with Crippen molar-refractivity contribution in [2.75, 3.05) is 27.4 Å². The number of rotatable bonds is 6. The van der Waals surface area contributed by atoms with Crippen LogP contribution in [0.1, 0.15) is 11.1 Å². The molecular weight excluding hydrogens is 206 g/mol. The Labute approximate surface area is 96.2 Å². The minimum Gasteiger partial charge on any atom is -0.496 e. The van der Waals surface area contributed by atoms with Crippen LogP contribution in [-0.2, 0) is 6.54 Å². The molecule has 2 N–H and O–H groups in total. The molecule has 0 saturated carbocycles. The highest BCUT2D eigenvalue weighted by Crippen LogP contribution is 2.27. The van der Waals surface area contributed by atoms with Gasteiger partial charge in [0, 0.05) is 18.7 Å². The molecule has 0 bridgehead atoms. The molecule has 1 rings (SSSR count). The van der Waals surface area contributed by atoms with Gasteiger partial charge in [0.2, 0.25) is 0 Å². The van der Waals surface area contributed by atoms with Gasteiger partial charge in [0.25, 0.3) is 0 Å². The number of aliphatic hydroxyl groups is 1. The van der Waals surface area contributed by atoms with Crippen LogP contribution in [0.5, 0.6) is 11.5 Å². The number of hydrogen-bond acceptors (Lipinski definition) is 4. The summed E-state index contributed by atoms with van der Waals surface area (Å²) in [6, 6.07) is 3.91. The topological polar surface area (TPSA) is 50.7 Å². The predicted molar refractivity (Wildman–Crippen MR) is 63.1 cm³/mol. The molecule has 0 aliphatic heterocycles. The molecule has 90 valence electrons. The van der Waals surface area contributed by atoms with E-state index >= 15 is 0 Å². The first-order chi connectivity index (χ1) is 7.72. The summed E-state index contributed by atoms with van der Waals surface area (Å²) >= 11 is 0. The van der Waals surface area contributed by atoms with Crippen LogP contribution in [-0.4, -0.2) is 32.5 Å². The highest BCUT2D eigenvalue weighted by Gasteiger charge is 2.07. The molecule has 4 nitrogen and oxygen atoms in total. The van der Waals surface area contributed by atoms with Gasteiger partial charge in [-0.3, -0.25) is 0 Å². The summed E-state index contributed by atoms with van der Waals surface area (Å²) in [5, 5.41) is 11.8. The summed E-state index contributed by atoms with van der Waals surface area (Å²) in [7, 11) is 3.30. The summed E-state index contributed by atoms with van der Waals surface area (Å²) in [5.41, 5.74) is 2.07. The van der Waals surface area contributed by atoms with Crippen LogP contribution >= 0.6 is 0 Å². The highest BCUT2D eigenvalue weighted by molar-refractivity contribution is 5.45. The standard InChI is InChI=1S/C12H19NO3/c1-9-6-12(16-3)10(7-11(9)15-2)8-13-4-5-14/h6-7,13-14H,4-5,8H2,1-3H3. The van der Waals surface area contributed by atoms with Crippen molar-refractivity contribution >= 4 is 0 Å². The average Bonchev–Trinajstić information content (AvgIpc) is 2.30. The lowest BCUT2D eigenvalue weighted by Gasteiger charge is -2.13. The molecule has 1 aromatic rings. The number of hydrogen-bond donors (Lipinski definition) is 2. The van der Waals surface area contributed by atoms with E-state index in [0.717, 1.165) is 22.6 Å². The maximum atomic E-state index is 8.70. The van der Waals surface area contributed by atoms with Crippen molar-refractivity contribution in [2.24, 2.45) is 0 Å². The van der Waals surface area contributed by atoms with Crippen LogP contribution in [0.25, 0.3) is 0 Å². The van der Waals surface area contributed by atoms with Crippen molar-refractivity contribution in [2.45, 2.75) is 13.5 Å². The van der Waals surface area contributed by atoms with Gasteiger partial charge >= 0.3 is 0 Å². The van der Waals surface area contributed by atoms with Crippen molar-refractivity contribution in [3.8, 4) is 11.5 Å². The second-order valence-corrected chi connectivity index (χ2v) is 3.53. The highest BCUT2D eigenvalue weighted by atomic mass is 16.5. The second-order valence-electron chi connectivity index (χ2n) is 3.53. The van der Waals surface area contributed by atoms with Crippen molar-refractivity contribution < 1.29 is 14.6 Å². The van der Waals surface area contributed by atoms with Crippen LogP contribution in [0, 0.1) is 6.92 Å². The molecule has 0 radical (unpaired) electrons. The Kier molecular flexibility index (Phi) is 5.08. The van der Waals surface area contributed by atoms with Gasteiger partial charge in [-0.1, -0.05) is 0 Å². The second kappa shape index (κ2) is 6.35. The van der Waals surface area contributed by atoms with Gasteiger partial charge in [-0.05, 0) is 24.6 Å². The number of aliphatic hydroxyl groups excluding tert-OH is 1. The van der Waals surface area contributed by atoms with Crippen LogP contribution < -0.4 is 14.8 Å². The fraction of sp³-hybridized carbons (Fsp3) is 0.500. The Balaban J connectivity index is 2.86. The van der Waals surface area contributed by atoms with Crippen molar-refractivity contribution in [1.82, 2.24) is 5.32 Å². The Morgan fingerprint density at radius 1 is 1.19 bits per heavy atom. The van der Waals surface area contributed by atoms with Crippen molar-refractivity contribution in [3.63, 3.8) is 0 Å². The van der Waals surface area contributed by atoms with E-state index in [1.54, 1.807) is 14.2 Å². The number of aryl methyl sites for hydroxylation is 1. The van der Waals surface area contributed by atoms with Gasteiger partial charge in [0.05, 0.1) is 20.8 Å². The summed E-state index contributed by atoms with van der Waals surface area (Å²) in [4.78, 5) is 0.